The van der Waals surface area contributed by atoms with Crippen LogP contribution >= 0.6 is 11.3 Å². The Hall–Kier alpha value is -2.26. The smallest absolute Gasteiger partial charge is 0.347 e. The van der Waals surface area contributed by atoms with Crippen LogP contribution in [0.2, 0.25) is 0 Å². The first-order valence-corrected chi connectivity index (χ1v) is 10.3. The fraction of sp³-hybridized carbons (Fsp3) is 0.353. The highest BCUT2D eigenvalue weighted by atomic mass is 32.2. The number of hydrogen-bond donors (Lipinski definition) is 2. The number of aryl methyl sites for hydroxylation is 1. The van der Waals surface area contributed by atoms with Gasteiger partial charge < -0.3 is 10.4 Å². The molecule has 2 N–H and O–H groups in total. The van der Waals surface area contributed by atoms with Crippen molar-refractivity contribution in [2.75, 3.05) is 0 Å². The fourth-order valence-corrected chi connectivity index (χ4v) is 4.18. The number of carboxylic acids is 1. The standard InChI is InChI=1S/C17H20N2O5S2/c1-9(2)26(23,24)13-7-5-12(6-8-13)15(20)18-11(4)16-19-10(3)14(25-16)17(21)22/h5-9,11H,1-4H3,(H,18,20)(H,21,22). The molecule has 1 atom stereocenters. The summed E-state index contributed by atoms with van der Waals surface area (Å²) in [6.45, 7) is 6.50. The molecule has 1 heterocycles. The average molecular weight is 396 g/mol. The first-order chi connectivity index (χ1) is 12.0. The largest absolute Gasteiger partial charge is 0.477 e. The van der Waals surface area contributed by atoms with Crippen molar-refractivity contribution >= 4 is 33.1 Å². The fourth-order valence-electron chi connectivity index (χ4n) is 2.21. The highest BCUT2D eigenvalue weighted by Crippen LogP contribution is 2.24. The lowest BCUT2D eigenvalue weighted by atomic mass is 10.2. The van der Waals surface area contributed by atoms with Crippen LogP contribution in [-0.2, 0) is 9.84 Å². The number of thiazole rings is 1. The molecule has 7 nitrogen and oxygen atoms in total. The average Bonchev–Trinajstić information content (AvgIpc) is 2.97. The number of sulfone groups is 1. The summed E-state index contributed by atoms with van der Waals surface area (Å²) >= 11 is 1.02. The van der Waals surface area contributed by atoms with Gasteiger partial charge in [0, 0.05) is 5.56 Å². The van der Waals surface area contributed by atoms with Crippen LogP contribution in [-0.4, -0.2) is 35.6 Å². The summed E-state index contributed by atoms with van der Waals surface area (Å²) in [5.41, 5.74) is 0.716. The molecule has 0 spiro atoms. The van der Waals surface area contributed by atoms with Crippen molar-refractivity contribution < 1.29 is 23.1 Å². The van der Waals surface area contributed by atoms with Crippen LogP contribution in [0.5, 0.6) is 0 Å². The van der Waals surface area contributed by atoms with Crippen LogP contribution in [0.15, 0.2) is 29.2 Å². The van der Waals surface area contributed by atoms with Gasteiger partial charge in [0.05, 0.1) is 21.9 Å². The van der Waals surface area contributed by atoms with E-state index >= 15 is 0 Å². The maximum atomic E-state index is 12.3. The SMILES string of the molecule is Cc1nc(C(C)NC(=O)c2ccc(S(=O)(=O)C(C)C)cc2)sc1C(=O)O. The lowest BCUT2D eigenvalue weighted by Crippen LogP contribution is -2.26. The number of rotatable bonds is 6. The Balaban J connectivity index is 2.15. The summed E-state index contributed by atoms with van der Waals surface area (Å²) in [6, 6.07) is 5.24. The molecule has 0 aliphatic rings. The van der Waals surface area contributed by atoms with Gasteiger partial charge in [0.25, 0.3) is 5.91 Å². The number of aromatic carboxylic acids is 1. The molecule has 2 aromatic rings. The molecule has 0 radical (unpaired) electrons. The summed E-state index contributed by atoms with van der Waals surface area (Å²) in [4.78, 5) is 27.9. The van der Waals surface area contributed by atoms with Gasteiger partial charge in [0.1, 0.15) is 9.88 Å². The zero-order chi connectivity index (χ0) is 19.6. The second-order valence-corrected chi connectivity index (χ2v) is 9.62. The molecule has 2 rings (SSSR count). The van der Waals surface area contributed by atoms with Gasteiger partial charge in [-0.2, -0.15) is 0 Å². The zero-order valence-electron chi connectivity index (χ0n) is 14.8. The molecule has 0 aliphatic carbocycles. The van der Waals surface area contributed by atoms with Crippen molar-refractivity contribution in [1.82, 2.24) is 10.3 Å². The molecule has 140 valence electrons. The van der Waals surface area contributed by atoms with Gasteiger partial charge in [-0.05, 0) is 52.0 Å². The summed E-state index contributed by atoms with van der Waals surface area (Å²) in [7, 11) is -3.39. The molecule has 0 fully saturated rings. The number of amides is 1. The number of carbonyl (C=O) groups is 2. The number of nitrogens with one attached hydrogen (secondary N) is 1. The zero-order valence-corrected chi connectivity index (χ0v) is 16.4. The summed E-state index contributed by atoms with van der Waals surface area (Å²) in [5, 5.41) is 11.8. The quantitative estimate of drug-likeness (QED) is 0.776. The topological polar surface area (TPSA) is 113 Å². The molecular formula is C17H20N2O5S2. The Kier molecular flexibility index (Phi) is 5.82. The van der Waals surface area contributed by atoms with E-state index < -0.39 is 33.0 Å². The molecule has 26 heavy (non-hydrogen) atoms. The molecule has 0 aliphatic heterocycles. The lowest BCUT2D eigenvalue weighted by Gasteiger charge is -2.12. The third kappa shape index (κ3) is 4.10. The first kappa shape index (κ1) is 20.1. The summed E-state index contributed by atoms with van der Waals surface area (Å²) in [6.07, 6.45) is 0. The van der Waals surface area contributed by atoms with Crippen molar-refractivity contribution in [3.63, 3.8) is 0 Å². The van der Waals surface area contributed by atoms with Gasteiger partial charge in [0.2, 0.25) is 0 Å². The highest BCUT2D eigenvalue weighted by Gasteiger charge is 2.21. The van der Waals surface area contributed by atoms with E-state index in [1.807, 2.05) is 0 Å². The molecule has 1 amide bonds. The van der Waals surface area contributed by atoms with Crippen molar-refractivity contribution in [2.45, 2.75) is 43.9 Å². The predicted molar refractivity (Wildman–Crippen MR) is 98.5 cm³/mol. The second kappa shape index (κ2) is 7.55. The number of hydrogen-bond acceptors (Lipinski definition) is 6. The van der Waals surface area contributed by atoms with Gasteiger partial charge in [-0.15, -0.1) is 11.3 Å². The van der Waals surface area contributed by atoms with Crippen LogP contribution in [0.25, 0.3) is 0 Å². The molecular weight excluding hydrogens is 376 g/mol. The first-order valence-electron chi connectivity index (χ1n) is 7.89. The minimum absolute atomic E-state index is 0.143. The maximum Gasteiger partial charge on any atom is 0.347 e. The van der Waals surface area contributed by atoms with E-state index in [0.717, 1.165) is 11.3 Å². The predicted octanol–water partition coefficient (Wildman–Crippen LogP) is 2.82. The number of benzene rings is 1. The third-order valence-electron chi connectivity index (χ3n) is 3.79. The minimum Gasteiger partial charge on any atom is -0.477 e. The number of carboxylic acid groups (broad SMARTS) is 1. The highest BCUT2D eigenvalue weighted by molar-refractivity contribution is 7.92. The van der Waals surface area contributed by atoms with Crippen molar-refractivity contribution in [3.8, 4) is 0 Å². The Labute approximate surface area is 156 Å². The van der Waals surface area contributed by atoms with Crippen LogP contribution in [0.4, 0.5) is 0 Å². The van der Waals surface area contributed by atoms with Crippen molar-refractivity contribution in [2.24, 2.45) is 0 Å². The Morgan fingerprint density at radius 3 is 2.19 bits per heavy atom. The maximum absolute atomic E-state index is 12.3. The lowest BCUT2D eigenvalue weighted by molar-refractivity contribution is 0.0700. The van der Waals surface area contributed by atoms with Gasteiger partial charge in [-0.1, -0.05) is 0 Å². The van der Waals surface area contributed by atoms with Gasteiger partial charge in [0.15, 0.2) is 9.84 Å². The van der Waals surface area contributed by atoms with Gasteiger partial charge in [-0.3, -0.25) is 4.79 Å². The molecule has 1 aromatic heterocycles. The van der Waals surface area contributed by atoms with E-state index in [9.17, 15) is 18.0 Å². The summed E-state index contributed by atoms with van der Waals surface area (Å²) < 4.78 is 24.2. The summed E-state index contributed by atoms with van der Waals surface area (Å²) in [5.74, 6) is -1.44. The monoisotopic (exact) mass is 396 g/mol. The number of carbonyl (C=O) groups excluding carboxylic acids is 1. The van der Waals surface area contributed by atoms with Crippen molar-refractivity contribution in [3.05, 3.63) is 45.4 Å². The minimum atomic E-state index is -3.39. The van der Waals surface area contributed by atoms with Crippen molar-refractivity contribution in [1.29, 1.82) is 0 Å². The van der Waals surface area contributed by atoms with E-state index in [0.29, 0.717) is 16.3 Å². The number of aromatic nitrogens is 1. The molecule has 0 bridgehead atoms. The van der Waals surface area contributed by atoms with E-state index in [1.165, 1.54) is 24.3 Å². The third-order valence-corrected chi connectivity index (χ3v) is 7.29. The van der Waals surface area contributed by atoms with Gasteiger partial charge >= 0.3 is 5.97 Å². The second-order valence-electron chi connectivity index (χ2n) is 6.09. The van der Waals surface area contributed by atoms with Crippen LogP contribution < -0.4 is 5.32 Å². The molecule has 0 saturated carbocycles. The molecule has 1 aromatic carbocycles. The van der Waals surface area contributed by atoms with Gasteiger partial charge in [-0.25, -0.2) is 18.2 Å². The Morgan fingerprint density at radius 1 is 1.15 bits per heavy atom. The van der Waals surface area contributed by atoms with E-state index in [1.54, 1.807) is 27.7 Å². The van der Waals surface area contributed by atoms with Crippen LogP contribution in [0.3, 0.4) is 0 Å². The van der Waals surface area contributed by atoms with Crippen LogP contribution in [0.1, 0.15) is 57.5 Å². The van der Waals surface area contributed by atoms with E-state index in [2.05, 4.69) is 10.3 Å². The van der Waals surface area contributed by atoms with E-state index in [-0.39, 0.29) is 9.77 Å². The molecule has 1 unspecified atom stereocenters. The van der Waals surface area contributed by atoms with Crippen LogP contribution in [0, 0.1) is 6.92 Å². The molecule has 0 saturated heterocycles. The Morgan fingerprint density at radius 2 is 1.73 bits per heavy atom. The number of nitrogens with zero attached hydrogens (tertiary/aromatic N) is 1. The Bertz CT molecular complexity index is 931. The molecule has 9 heteroatoms. The normalized spacial score (nSPS) is 12.8. The van der Waals surface area contributed by atoms with E-state index in [4.69, 9.17) is 5.11 Å².